The summed E-state index contributed by atoms with van der Waals surface area (Å²) in [4.78, 5) is 11.3. The zero-order valence-electron chi connectivity index (χ0n) is 11.2. The van der Waals surface area contributed by atoms with Gasteiger partial charge in [0, 0.05) is 25.4 Å². The molecule has 1 amide bonds. The summed E-state index contributed by atoms with van der Waals surface area (Å²) in [6, 6.07) is 10.1. The van der Waals surface area contributed by atoms with E-state index in [1.54, 1.807) is 6.20 Å². The molecule has 0 radical (unpaired) electrons. The number of aromatic nitrogens is 2. The van der Waals surface area contributed by atoms with Crippen LogP contribution >= 0.6 is 0 Å². The maximum Gasteiger partial charge on any atom is 0.219 e. The van der Waals surface area contributed by atoms with E-state index in [-0.39, 0.29) is 5.91 Å². The third kappa shape index (κ3) is 3.95. The molecule has 0 aliphatic rings. The molecule has 0 saturated carbocycles. The van der Waals surface area contributed by atoms with Crippen molar-refractivity contribution in [2.45, 2.75) is 26.2 Å². The fourth-order valence-corrected chi connectivity index (χ4v) is 1.90. The minimum absolute atomic E-state index is 0.135. The van der Waals surface area contributed by atoms with Crippen LogP contribution in [-0.2, 0) is 11.2 Å². The third-order valence-electron chi connectivity index (χ3n) is 2.92. The normalized spacial score (nSPS) is 10.4. The summed E-state index contributed by atoms with van der Waals surface area (Å²) < 4.78 is 1.83. The van der Waals surface area contributed by atoms with Crippen LogP contribution in [0.4, 0.5) is 0 Å². The van der Waals surface area contributed by atoms with Gasteiger partial charge in [-0.1, -0.05) is 19.1 Å². The zero-order chi connectivity index (χ0) is 13.5. The lowest BCUT2D eigenvalue weighted by atomic mass is 10.1. The SMILES string of the molecule is CCCC(=O)NCCc1ccc(-n2cccn2)cc1. The molecule has 1 heterocycles. The van der Waals surface area contributed by atoms with Crippen molar-refractivity contribution in [1.29, 1.82) is 0 Å². The number of carbonyl (C=O) groups is 1. The number of benzene rings is 1. The van der Waals surface area contributed by atoms with Crippen molar-refractivity contribution in [2.24, 2.45) is 0 Å². The molecule has 0 bridgehead atoms. The molecule has 4 heteroatoms. The second-order valence-electron chi connectivity index (χ2n) is 4.47. The molecular formula is C15H19N3O. The van der Waals surface area contributed by atoms with Crippen molar-refractivity contribution >= 4 is 5.91 Å². The van der Waals surface area contributed by atoms with Crippen molar-refractivity contribution in [1.82, 2.24) is 15.1 Å². The predicted molar refractivity (Wildman–Crippen MR) is 75.2 cm³/mol. The Hall–Kier alpha value is -2.10. The molecule has 0 atom stereocenters. The molecule has 0 fully saturated rings. The number of hydrogen-bond acceptors (Lipinski definition) is 2. The van der Waals surface area contributed by atoms with Crippen LogP contribution in [-0.4, -0.2) is 22.2 Å². The van der Waals surface area contributed by atoms with E-state index in [0.717, 1.165) is 18.5 Å². The smallest absolute Gasteiger partial charge is 0.219 e. The zero-order valence-corrected chi connectivity index (χ0v) is 11.2. The molecule has 19 heavy (non-hydrogen) atoms. The minimum Gasteiger partial charge on any atom is -0.356 e. The topological polar surface area (TPSA) is 46.9 Å². The number of nitrogens with zero attached hydrogens (tertiary/aromatic N) is 2. The molecule has 0 unspecified atom stereocenters. The maximum atomic E-state index is 11.3. The first-order chi connectivity index (χ1) is 9.29. The second-order valence-corrected chi connectivity index (χ2v) is 4.47. The van der Waals surface area contributed by atoms with Crippen LogP contribution in [0.1, 0.15) is 25.3 Å². The molecule has 100 valence electrons. The van der Waals surface area contributed by atoms with E-state index in [2.05, 4.69) is 22.5 Å². The average molecular weight is 257 g/mol. The Labute approximate surface area is 113 Å². The van der Waals surface area contributed by atoms with Gasteiger partial charge in [0.1, 0.15) is 0 Å². The summed E-state index contributed by atoms with van der Waals surface area (Å²) in [5.74, 6) is 0.135. The fraction of sp³-hybridized carbons (Fsp3) is 0.333. The molecule has 1 aromatic heterocycles. The molecule has 0 saturated heterocycles. The van der Waals surface area contributed by atoms with E-state index in [1.807, 2.05) is 36.0 Å². The summed E-state index contributed by atoms with van der Waals surface area (Å²) in [6.45, 7) is 2.70. The van der Waals surface area contributed by atoms with Crippen molar-refractivity contribution in [2.75, 3.05) is 6.54 Å². The Morgan fingerprint density at radius 2 is 2.11 bits per heavy atom. The highest BCUT2D eigenvalue weighted by molar-refractivity contribution is 5.75. The van der Waals surface area contributed by atoms with Gasteiger partial charge in [-0.25, -0.2) is 4.68 Å². The lowest BCUT2D eigenvalue weighted by molar-refractivity contribution is -0.121. The van der Waals surface area contributed by atoms with E-state index in [9.17, 15) is 4.79 Å². The first kappa shape index (κ1) is 13.3. The molecule has 2 rings (SSSR count). The van der Waals surface area contributed by atoms with Crippen LogP contribution < -0.4 is 5.32 Å². The van der Waals surface area contributed by atoms with E-state index in [1.165, 1.54) is 5.56 Å². The molecule has 1 N–H and O–H groups in total. The minimum atomic E-state index is 0.135. The van der Waals surface area contributed by atoms with Crippen LogP contribution in [0.15, 0.2) is 42.7 Å². The molecule has 0 aliphatic heterocycles. The van der Waals surface area contributed by atoms with Crippen molar-refractivity contribution in [3.8, 4) is 5.69 Å². The van der Waals surface area contributed by atoms with Gasteiger partial charge in [-0.2, -0.15) is 5.10 Å². The number of carbonyl (C=O) groups excluding carboxylic acids is 1. The van der Waals surface area contributed by atoms with Gasteiger partial charge in [0.15, 0.2) is 0 Å². The van der Waals surface area contributed by atoms with Crippen molar-refractivity contribution in [3.05, 3.63) is 48.3 Å². The van der Waals surface area contributed by atoms with Gasteiger partial charge in [-0.15, -0.1) is 0 Å². The van der Waals surface area contributed by atoms with Crippen LogP contribution in [0.2, 0.25) is 0 Å². The fourth-order valence-electron chi connectivity index (χ4n) is 1.90. The van der Waals surface area contributed by atoms with Gasteiger partial charge in [0.05, 0.1) is 5.69 Å². The first-order valence-corrected chi connectivity index (χ1v) is 6.65. The van der Waals surface area contributed by atoms with Crippen LogP contribution in [0.25, 0.3) is 5.69 Å². The molecular weight excluding hydrogens is 238 g/mol. The third-order valence-corrected chi connectivity index (χ3v) is 2.92. The van der Waals surface area contributed by atoms with E-state index in [0.29, 0.717) is 13.0 Å². The Kier molecular flexibility index (Phi) is 4.72. The summed E-state index contributed by atoms with van der Waals surface area (Å²) in [7, 11) is 0. The predicted octanol–water partition coefficient (Wildman–Crippen LogP) is 2.33. The van der Waals surface area contributed by atoms with Crippen molar-refractivity contribution < 1.29 is 4.79 Å². The van der Waals surface area contributed by atoms with E-state index in [4.69, 9.17) is 0 Å². The Bertz CT molecular complexity index is 503. The maximum absolute atomic E-state index is 11.3. The monoisotopic (exact) mass is 257 g/mol. The largest absolute Gasteiger partial charge is 0.356 e. The average Bonchev–Trinajstić information content (AvgIpc) is 2.94. The van der Waals surface area contributed by atoms with Gasteiger partial charge < -0.3 is 5.32 Å². The van der Waals surface area contributed by atoms with Gasteiger partial charge in [-0.05, 0) is 36.6 Å². The van der Waals surface area contributed by atoms with Crippen molar-refractivity contribution in [3.63, 3.8) is 0 Å². The standard InChI is InChI=1S/C15H19N3O/c1-2-4-15(19)16-11-9-13-5-7-14(8-6-13)18-12-3-10-17-18/h3,5-8,10,12H,2,4,9,11H2,1H3,(H,16,19). The van der Waals surface area contributed by atoms with Crippen LogP contribution in [0.5, 0.6) is 0 Å². The molecule has 2 aromatic rings. The lowest BCUT2D eigenvalue weighted by Crippen LogP contribution is -2.25. The number of rotatable bonds is 6. The van der Waals surface area contributed by atoms with Crippen LogP contribution in [0.3, 0.4) is 0 Å². The van der Waals surface area contributed by atoms with Gasteiger partial charge in [0.25, 0.3) is 0 Å². The Morgan fingerprint density at radius 3 is 2.74 bits per heavy atom. The van der Waals surface area contributed by atoms with Crippen LogP contribution in [0, 0.1) is 0 Å². The molecule has 0 aliphatic carbocycles. The summed E-state index contributed by atoms with van der Waals surface area (Å²) in [5.41, 5.74) is 2.26. The highest BCUT2D eigenvalue weighted by atomic mass is 16.1. The lowest BCUT2D eigenvalue weighted by Gasteiger charge is -2.06. The quantitative estimate of drug-likeness (QED) is 0.863. The summed E-state index contributed by atoms with van der Waals surface area (Å²) in [5, 5.41) is 7.10. The summed E-state index contributed by atoms with van der Waals surface area (Å²) >= 11 is 0. The summed E-state index contributed by atoms with van der Waals surface area (Å²) in [6.07, 6.45) is 6.04. The highest BCUT2D eigenvalue weighted by Gasteiger charge is 2.00. The first-order valence-electron chi connectivity index (χ1n) is 6.65. The van der Waals surface area contributed by atoms with E-state index >= 15 is 0 Å². The van der Waals surface area contributed by atoms with Gasteiger partial charge in [-0.3, -0.25) is 4.79 Å². The van der Waals surface area contributed by atoms with Gasteiger partial charge in [0.2, 0.25) is 5.91 Å². The second kappa shape index (κ2) is 6.73. The molecule has 1 aromatic carbocycles. The molecule has 0 spiro atoms. The Morgan fingerprint density at radius 1 is 1.32 bits per heavy atom. The van der Waals surface area contributed by atoms with Gasteiger partial charge >= 0.3 is 0 Å². The highest BCUT2D eigenvalue weighted by Crippen LogP contribution is 2.08. The number of amides is 1. The number of hydrogen-bond donors (Lipinski definition) is 1. The van der Waals surface area contributed by atoms with E-state index < -0.39 is 0 Å². The molecule has 4 nitrogen and oxygen atoms in total. The Balaban J connectivity index is 1.84. The number of nitrogens with one attached hydrogen (secondary N) is 1.